The van der Waals surface area contributed by atoms with Crippen molar-refractivity contribution in [3.8, 4) is 17.2 Å². The molecule has 1 aliphatic carbocycles. The van der Waals surface area contributed by atoms with E-state index in [1.165, 1.54) is 23.1 Å². The Morgan fingerprint density at radius 1 is 1.19 bits per heavy atom. The Bertz CT molecular complexity index is 835. The average molecular weight is 388 g/mol. The number of hydrazone groups is 1. The Hall–Kier alpha value is -2.54. The van der Waals surface area contributed by atoms with Crippen molar-refractivity contribution < 1.29 is 19.0 Å². The van der Waals surface area contributed by atoms with Gasteiger partial charge < -0.3 is 14.2 Å². The van der Waals surface area contributed by atoms with Gasteiger partial charge >= 0.3 is 0 Å². The fraction of sp³-hybridized carbons (Fsp3) is 0.400. The van der Waals surface area contributed by atoms with Crippen LogP contribution in [0.4, 0.5) is 0 Å². The minimum atomic E-state index is -0.204. The monoisotopic (exact) mass is 388 g/mol. The second-order valence-corrected chi connectivity index (χ2v) is 7.69. The Kier molecular flexibility index (Phi) is 6.01. The standard InChI is InChI=1S/C20H24N2O4S/c1-12-5-6-18-13(7-12)8-19(27-18)20(23)22-21-11-15-16(25-3)9-14(24-2)10-17(15)26-4/h8-12H,5-7H2,1-4H3,(H,22,23)/b21-11+. The smallest absolute Gasteiger partial charge is 0.281 e. The lowest BCUT2D eigenvalue weighted by molar-refractivity contribution is 0.0959. The van der Waals surface area contributed by atoms with Crippen LogP contribution in [-0.2, 0) is 12.8 Å². The van der Waals surface area contributed by atoms with Crippen LogP contribution in [0.3, 0.4) is 0 Å². The number of nitrogens with one attached hydrogen (secondary N) is 1. The van der Waals surface area contributed by atoms with Crippen LogP contribution in [0.1, 0.15) is 39.0 Å². The molecule has 0 spiro atoms. The molecular formula is C20H24N2O4S. The number of amides is 1. The van der Waals surface area contributed by atoms with Crippen molar-refractivity contribution >= 4 is 23.5 Å². The van der Waals surface area contributed by atoms with Crippen molar-refractivity contribution in [2.24, 2.45) is 11.0 Å². The predicted octanol–water partition coefficient (Wildman–Crippen LogP) is 3.66. The molecule has 6 nitrogen and oxygen atoms in total. The Morgan fingerprint density at radius 3 is 2.52 bits per heavy atom. The van der Waals surface area contributed by atoms with Gasteiger partial charge in [-0.1, -0.05) is 6.92 Å². The molecule has 27 heavy (non-hydrogen) atoms. The molecule has 2 aromatic rings. The molecule has 1 atom stereocenters. The van der Waals surface area contributed by atoms with E-state index < -0.39 is 0 Å². The SMILES string of the molecule is COc1cc(OC)c(/C=N/NC(=O)c2cc3c(s2)CCC(C)C3)c(OC)c1. The van der Waals surface area contributed by atoms with Gasteiger partial charge in [0.15, 0.2) is 0 Å². The number of thiophene rings is 1. The molecule has 1 heterocycles. The fourth-order valence-electron chi connectivity index (χ4n) is 3.19. The number of methoxy groups -OCH3 is 3. The van der Waals surface area contributed by atoms with E-state index in [0.717, 1.165) is 12.8 Å². The van der Waals surface area contributed by atoms with Gasteiger partial charge in [0.1, 0.15) is 17.2 Å². The molecule has 1 aliphatic rings. The van der Waals surface area contributed by atoms with Crippen molar-refractivity contribution in [1.82, 2.24) is 5.43 Å². The minimum Gasteiger partial charge on any atom is -0.496 e. The summed E-state index contributed by atoms with van der Waals surface area (Å²) in [4.78, 5) is 14.5. The minimum absolute atomic E-state index is 0.204. The first-order valence-corrected chi connectivity index (χ1v) is 9.62. The van der Waals surface area contributed by atoms with Gasteiger partial charge in [-0.05, 0) is 36.8 Å². The van der Waals surface area contributed by atoms with Crippen LogP contribution in [0, 0.1) is 5.92 Å². The zero-order valence-electron chi connectivity index (χ0n) is 16.0. The highest BCUT2D eigenvalue weighted by Gasteiger charge is 2.20. The summed E-state index contributed by atoms with van der Waals surface area (Å²) in [5.74, 6) is 2.18. The molecule has 144 valence electrons. The van der Waals surface area contributed by atoms with E-state index in [4.69, 9.17) is 14.2 Å². The number of aryl methyl sites for hydroxylation is 1. The van der Waals surface area contributed by atoms with Crippen LogP contribution in [0.2, 0.25) is 0 Å². The van der Waals surface area contributed by atoms with E-state index in [1.807, 2.05) is 6.07 Å². The summed E-state index contributed by atoms with van der Waals surface area (Å²) in [5, 5.41) is 4.09. The topological polar surface area (TPSA) is 69.2 Å². The van der Waals surface area contributed by atoms with E-state index in [0.29, 0.717) is 33.6 Å². The highest BCUT2D eigenvalue weighted by molar-refractivity contribution is 7.14. The first kappa shape index (κ1) is 19.2. The van der Waals surface area contributed by atoms with Gasteiger partial charge in [-0.2, -0.15) is 5.10 Å². The average Bonchev–Trinajstić information content (AvgIpc) is 3.10. The number of ether oxygens (including phenoxy) is 3. The summed E-state index contributed by atoms with van der Waals surface area (Å²) in [5.41, 5.74) is 4.52. The maximum Gasteiger partial charge on any atom is 0.281 e. The van der Waals surface area contributed by atoms with Gasteiger partial charge in [0.05, 0.1) is 38.0 Å². The molecule has 1 amide bonds. The molecule has 1 N–H and O–H groups in total. The number of nitrogens with zero attached hydrogens (tertiary/aromatic N) is 1. The number of hydrogen-bond donors (Lipinski definition) is 1. The van der Waals surface area contributed by atoms with E-state index in [1.54, 1.807) is 44.8 Å². The largest absolute Gasteiger partial charge is 0.496 e. The first-order chi connectivity index (χ1) is 13.0. The van der Waals surface area contributed by atoms with Crippen molar-refractivity contribution in [1.29, 1.82) is 0 Å². The lowest BCUT2D eigenvalue weighted by Crippen LogP contribution is -2.16. The molecule has 7 heteroatoms. The Morgan fingerprint density at radius 2 is 1.89 bits per heavy atom. The third-order valence-electron chi connectivity index (χ3n) is 4.67. The maximum absolute atomic E-state index is 12.4. The van der Waals surface area contributed by atoms with Crippen molar-refractivity contribution in [3.05, 3.63) is 39.1 Å². The third kappa shape index (κ3) is 4.24. The molecule has 0 saturated heterocycles. The maximum atomic E-state index is 12.4. The lowest BCUT2D eigenvalue weighted by Gasteiger charge is -2.16. The molecule has 1 unspecified atom stereocenters. The van der Waals surface area contributed by atoms with Gasteiger partial charge in [-0.3, -0.25) is 4.79 Å². The van der Waals surface area contributed by atoms with Crippen LogP contribution < -0.4 is 19.6 Å². The molecule has 3 rings (SSSR count). The molecule has 0 aliphatic heterocycles. The summed E-state index contributed by atoms with van der Waals surface area (Å²) < 4.78 is 16.0. The van der Waals surface area contributed by atoms with Crippen LogP contribution in [-0.4, -0.2) is 33.5 Å². The quantitative estimate of drug-likeness (QED) is 0.606. The third-order valence-corrected chi connectivity index (χ3v) is 5.90. The number of benzene rings is 1. The normalized spacial score (nSPS) is 16.1. The van der Waals surface area contributed by atoms with Gasteiger partial charge in [0.2, 0.25) is 0 Å². The molecule has 0 radical (unpaired) electrons. The molecular weight excluding hydrogens is 364 g/mol. The van der Waals surface area contributed by atoms with Gasteiger partial charge in [-0.25, -0.2) is 5.43 Å². The van der Waals surface area contributed by atoms with Crippen LogP contribution in [0.25, 0.3) is 0 Å². The number of fused-ring (bicyclic) bond motifs is 1. The molecule has 1 aromatic carbocycles. The summed E-state index contributed by atoms with van der Waals surface area (Å²) in [6.07, 6.45) is 4.80. The predicted molar refractivity (Wildman–Crippen MR) is 107 cm³/mol. The van der Waals surface area contributed by atoms with E-state index >= 15 is 0 Å². The van der Waals surface area contributed by atoms with E-state index in [-0.39, 0.29) is 5.91 Å². The van der Waals surface area contributed by atoms with Crippen molar-refractivity contribution in [3.63, 3.8) is 0 Å². The number of rotatable bonds is 6. The van der Waals surface area contributed by atoms with Crippen LogP contribution in [0.5, 0.6) is 17.2 Å². The van der Waals surface area contributed by atoms with E-state index in [9.17, 15) is 4.79 Å². The zero-order valence-corrected chi connectivity index (χ0v) is 16.8. The highest BCUT2D eigenvalue weighted by Crippen LogP contribution is 2.33. The summed E-state index contributed by atoms with van der Waals surface area (Å²) in [6.45, 7) is 2.25. The summed E-state index contributed by atoms with van der Waals surface area (Å²) in [7, 11) is 4.69. The van der Waals surface area contributed by atoms with Gasteiger partial charge in [0, 0.05) is 17.0 Å². The molecule has 0 saturated carbocycles. The Balaban J connectivity index is 1.75. The van der Waals surface area contributed by atoms with Crippen LogP contribution in [0.15, 0.2) is 23.3 Å². The fourth-order valence-corrected chi connectivity index (χ4v) is 4.29. The molecule has 0 fully saturated rings. The summed E-state index contributed by atoms with van der Waals surface area (Å²) in [6, 6.07) is 5.47. The Labute approximate surface area is 163 Å². The van der Waals surface area contributed by atoms with E-state index in [2.05, 4.69) is 17.5 Å². The first-order valence-electron chi connectivity index (χ1n) is 8.80. The lowest BCUT2D eigenvalue weighted by atomic mass is 9.90. The van der Waals surface area contributed by atoms with Crippen molar-refractivity contribution in [2.45, 2.75) is 26.2 Å². The van der Waals surface area contributed by atoms with Gasteiger partial charge in [-0.15, -0.1) is 11.3 Å². The number of carbonyl (C=O) groups excluding carboxylic acids is 1. The van der Waals surface area contributed by atoms with Crippen LogP contribution >= 0.6 is 11.3 Å². The molecule has 0 bridgehead atoms. The second-order valence-electron chi connectivity index (χ2n) is 6.55. The van der Waals surface area contributed by atoms with Crippen molar-refractivity contribution in [2.75, 3.05) is 21.3 Å². The number of carbonyl (C=O) groups is 1. The molecule has 1 aromatic heterocycles. The zero-order chi connectivity index (χ0) is 19.4. The highest BCUT2D eigenvalue weighted by atomic mass is 32.1. The second kappa shape index (κ2) is 8.43. The van der Waals surface area contributed by atoms with Gasteiger partial charge in [0.25, 0.3) is 5.91 Å². The number of hydrogen-bond acceptors (Lipinski definition) is 6. The summed E-state index contributed by atoms with van der Waals surface area (Å²) >= 11 is 1.56.